The molecule has 16 N–H and O–H groups in total. The van der Waals surface area contributed by atoms with Crippen LogP contribution >= 0.6 is 23.2 Å². The second-order valence-corrected chi connectivity index (χ2v) is 23.4. The summed E-state index contributed by atoms with van der Waals surface area (Å²) in [6.07, 6.45) is 0. The lowest BCUT2D eigenvalue weighted by molar-refractivity contribution is 0.306. The van der Waals surface area contributed by atoms with Crippen LogP contribution in [0.1, 0.15) is 100 Å². The molecule has 18 nitrogen and oxygen atoms in total. The lowest BCUT2D eigenvalue weighted by Gasteiger charge is -2.08. The van der Waals surface area contributed by atoms with Crippen molar-refractivity contribution >= 4 is 69.9 Å². The molecule has 0 spiro atoms. The van der Waals surface area contributed by atoms with E-state index >= 15 is 0 Å². The Kier molecular flexibility index (Phi) is 22.4. The van der Waals surface area contributed by atoms with Gasteiger partial charge >= 0.3 is 0 Å². The zero-order valence-electron chi connectivity index (χ0n) is 53.4. The van der Waals surface area contributed by atoms with Crippen molar-refractivity contribution in [1.29, 1.82) is 0 Å². The Bertz CT molecular complexity index is 4770. The molecule has 0 saturated heterocycles. The molecule has 9 aromatic carbocycles. The van der Waals surface area contributed by atoms with E-state index in [4.69, 9.17) is 78.5 Å². The minimum Gasteiger partial charge on any atom is -0.496 e. The summed E-state index contributed by atoms with van der Waals surface area (Å²) in [5.41, 5.74) is 59.6. The number of nitrogens with two attached hydrogens (primary N) is 8. The van der Waals surface area contributed by atoms with Crippen molar-refractivity contribution in [3.8, 4) is 11.5 Å². The molecule has 17 rings (SSSR count). The van der Waals surface area contributed by atoms with E-state index in [0.717, 1.165) is 80.2 Å². The molecule has 0 aromatic heterocycles. The summed E-state index contributed by atoms with van der Waals surface area (Å²) in [7, 11) is 1.64. The first-order valence-corrected chi connectivity index (χ1v) is 31.3. The van der Waals surface area contributed by atoms with Gasteiger partial charge in [-0.15, -0.1) is 0 Å². The molecular formula is C73H66Cl2F6N16O2. The van der Waals surface area contributed by atoms with E-state index in [1.807, 2.05) is 78.9 Å². The van der Waals surface area contributed by atoms with Crippen molar-refractivity contribution in [3.05, 3.63) is 303 Å². The molecule has 0 unspecified atom stereocenters. The molecule has 506 valence electrons. The van der Waals surface area contributed by atoms with E-state index in [1.165, 1.54) is 41.0 Å². The predicted molar refractivity (Wildman–Crippen MR) is 379 cm³/mol. The predicted octanol–water partition coefficient (Wildman–Crippen LogP) is 11.3. The minimum absolute atomic E-state index is 0.0852. The van der Waals surface area contributed by atoms with Crippen LogP contribution in [0.3, 0.4) is 0 Å². The number of aryl methyl sites for hydroxylation is 1. The molecule has 9 aromatic rings. The number of benzene rings is 9. The van der Waals surface area contributed by atoms with Crippen LogP contribution in [0, 0.1) is 41.8 Å². The fraction of sp³-hybridized carbons (Fsp3) is 0.151. The smallest absolute Gasteiger partial charge is 0.170 e. The van der Waals surface area contributed by atoms with E-state index < -0.39 is 23.3 Å². The van der Waals surface area contributed by atoms with Crippen LogP contribution in [0.25, 0.3) is 0 Å². The van der Waals surface area contributed by atoms with Gasteiger partial charge in [-0.25, -0.2) is 26.3 Å². The Morgan fingerprint density at radius 3 is 1.48 bits per heavy atom. The first-order valence-electron chi connectivity index (χ1n) is 30.5. The largest absolute Gasteiger partial charge is 0.496 e. The first-order chi connectivity index (χ1) is 47.6. The second-order valence-electron chi connectivity index (χ2n) is 22.6. The summed E-state index contributed by atoms with van der Waals surface area (Å²) in [6, 6.07) is 46.2. The quantitative estimate of drug-likeness (QED) is 0.0770. The normalized spacial score (nSPS) is 14.1. The van der Waals surface area contributed by atoms with Gasteiger partial charge < -0.3 is 55.3 Å². The monoisotopic (exact) mass is 1380 g/mol. The van der Waals surface area contributed by atoms with Crippen LogP contribution in [-0.2, 0) is 59.0 Å². The number of hydrogen-bond donors (Lipinski definition) is 8. The van der Waals surface area contributed by atoms with Gasteiger partial charge in [-0.1, -0.05) is 126 Å². The zero-order valence-corrected chi connectivity index (χ0v) is 54.9. The van der Waals surface area contributed by atoms with Gasteiger partial charge in [0.25, 0.3) is 0 Å². The summed E-state index contributed by atoms with van der Waals surface area (Å²) in [4.78, 5) is 32.0. The Morgan fingerprint density at radius 1 is 0.374 bits per heavy atom. The van der Waals surface area contributed by atoms with E-state index in [9.17, 15) is 26.3 Å². The standard InChI is InChI=1S/C15H14N2O.C9H10N2O.C9H10N2.C8H6Cl2N2.2C8H6F2N2.2C8H7FN2/c16-15-14-8-13(7-6-12(14)9-17-15)18-10-11-4-2-1-3-5-11;1-12-7-4-2-3-6-5-11-9(10)8(6)7;1-6-2-3-7-5-11-9(10)8(7)4-6;9-5-2-1-4-3-12-8(11)6(4)7(5)10;9-4-1-5-6(7(10)2-4)3-12-8(5)11;9-5-2-1-4-3-12-8(11)6(4)7(5)10;9-7-3-1-2-5-6(7)4-11-8(5)10;9-6-3-1-2-5-4-11-8(10)7(5)6/h1-8H,9-10H2,(H2,16,17);2-4H,5H2,1H3,(H2,10,11);2-4H,5H2,1H3,(H2,10,11);3*1-2H,3H2,(H2,11,12);2*1-3H,4H2,(H2,10,11). The van der Waals surface area contributed by atoms with Crippen LogP contribution in [-0.4, -0.2) is 53.8 Å². The molecule has 0 radical (unpaired) electrons. The minimum atomic E-state index is -0.897. The van der Waals surface area contributed by atoms with Gasteiger partial charge in [-0.2, -0.15) is 0 Å². The van der Waals surface area contributed by atoms with Crippen molar-refractivity contribution in [2.45, 2.75) is 65.9 Å². The second kappa shape index (κ2) is 31.6. The van der Waals surface area contributed by atoms with Gasteiger partial charge in [-0.05, 0) is 100 Å². The molecule has 0 aliphatic carbocycles. The molecule has 0 saturated carbocycles. The number of aliphatic imine (C=N–C) groups is 8. The average Bonchev–Trinajstić information content (AvgIpc) is 1.72. The highest BCUT2D eigenvalue weighted by atomic mass is 35.5. The Labute approximate surface area is 576 Å². The molecular weight excluding hydrogens is 1320 g/mol. The van der Waals surface area contributed by atoms with Gasteiger partial charge in [0, 0.05) is 45.0 Å². The lowest BCUT2D eigenvalue weighted by atomic mass is 10.1. The van der Waals surface area contributed by atoms with Crippen LogP contribution < -0.4 is 55.3 Å². The Balaban J connectivity index is 0.000000123. The lowest BCUT2D eigenvalue weighted by Crippen LogP contribution is -2.13. The van der Waals surface area contributed by atoms with Gasteiger partial charge in [0.05, 0.1) is 86.2 Å². The van der Waals surface area contributed by atoms with Crippen molar-refractivity contribution in [2.24, 2.45) is 85.8 Å². The topological polar surface area (TPSA) is 326 Å². The van der Waals surface area contributed by atoms with Crippen LogP contribution in [0.15, 0.2) is 198 Å². The van der Waals surface area contributed by atoms with Gasteiger partial charge in [0.2, 0.25) is 0 Å². The molecule has 0 bridgehead atoms. The third kappa shape index (κ3) is 16.5. The van der Waals surface area contributed by atoms with E-state index in [0.29, 0.717) is 119 Å². The maximum Gasteiger partial charge on any atom is 0.170 e. The maximum absolute atomic E-state index is 13.0. The number of amidine groups is 8. The number of nitrogens with zero attached hydrogens (tertiary/aromatic N) is 8. The average molecular weight is 1380 g/mol. The first kappa shape index (κ1) is 70.3. The zero-order chi connectivity index (χ0) is 70.6. The van der Waals surface area contributed by atoms with Crippen molar-refractivity contribution in [3.63, 3.8) is 0 Å². The highest BCUT2D eigenvalue weighted by Crippen LogP contribution is 2.32. The van der Waals surface area contributed by atoms with Crippen molar-refractivity contribution < 1.29 is 35.8 Å². The van der Waals surface area contributed by atoms with Crippen molar-refractivity contribution in [2.75, 3.05) is 7.11 Å². The summed E-state index contributed by atoms with van der Waals surface area (Å²) in [5.74, 6) is 1.60. The third-order valence-corrected chi connectivity index (χ3v) is 16.9. The van der Waals surface area contributed by atoms with Crippen molar-refractivity contribution in [1.82, 2.24) is 0 Å². The van der Waals surface area contributed by atoms with Crippen LogP contribution in [0.4, 0.5) is 26.3 Å². The van der Waals surface area contributed by atoms with E-state index in [-0.39, 0.29) is 35.4 Å². The molecule has 0 atom stereocenters. The van der Waals surface area contributed by atoms with Gasteiger partial charge in [-0.3, -0.25) is 39.9 Å². The van der Waals surface area contributed by atoms with Crippen LogP contribution in [0.5, 0.6) is 11.5 Å². The molecule has 8 heterocycles. The molecule has 0 fully saturated rings. The Hall–Kier alpha value is -11.5. The fourth-order valence-corrected chi connectivity index (χ4v) is 11.4. The highest BCUT2D eigenvalue weighted by Gasteiger charge is 2.24. The molecule has 8 aliphatic rings. The van der Waals surface area contributed by atoms with E-state index in [2.05, 4.69) is 65.1 Å². The number of methoxy groups -OCH3 is 1. The number of halogens is 8. The molecule has 99 heavy (non-hydrogen) atoms. The van der Waals surface area contributed by atoms with Crippen LogP contribution in [0.2, 0.25) is 10.0 Å². The SMILES string of the molecule is COc1cccc2c1C(N)=NC2.Cc1ccc2c(c1)C(N)=NC2.NC1=NCc2c(F)cc(F)cc21.NC1=NCc2c(F)cccc21.NC1=NCc2ccc(Cl)c(Cl)c21.NC1=NCc2ccc(F)c(F)c21.NC1=NCc2ccc(OCc3ccccc3)cc21.NC1=NCc2cccc(F)c21. The number of fused-ring (bicyclic) bond motifs is 8. The number of ether oxygens (including phenoxy) is 2. The highest BCUT2D eigenvalue weighted by molar-refractivity contribution is 6.44. The summed E-state index contributed by atoms with van der Waals surface area (Å²) in [6.45, 7) is 6.80. The Morgan fingerprint density at radius 2 is 0.848 bits per heavy atom. The number of hydrogen-bond acceptors (Lipinski definition) is 18. The van der Waals surface area contributed by atoms with Gasteiger partial charge in [0.1, 0.15) is 88.1 Å². The molecule has 26 heteroatoms. The summed E-state index contributed by atoms with van der Waals surface area (Å²) in [5, 5.41) is 1.03. The number of rotatable bonds is 4. The maximum atomic E-state index is 13.0. The fourth-order valence-electron chi connectivity index (χ4n) is 10.9. The molecule has 0 amide bonds. The summed E-state index contributed by atoms with van der Waals surface area (Å²) < 4.78 is 88.1. The summed E-state index contributed by atoms with van der Waals surface area (Å²) >= 11 is 11.8. The molecule has 8 aliphatic heterocycles. The van der Waals surface area contributed by atoms with Gasteiger partial charge in [0.15, 0.2) is 11.6 Å². The van der Waals surface area contributed by atoms with E-state index in [1.54, 1.807) is 31.4 Å². The third-order valence-electron chi connectivity index (χ3n) is 16.1.